The molecule has 0 atom stereocenters. The van der Waals surface area contributed by atoms with Crippen LogP contribution in [0.1, 0.15) is 80.6 Å². The Morgan fingerprint density at radius 1 is 0.706 bits per heavy atom. The summed E-state index contributed by atoms with van der Waals surface area (Å²) in [5, 5.41) is 0. The third-order valence-corrected chi connectivity index (χ3v) is 3.17. The molecule has 0 amide bonds. The maximum Gasteiger partial charge on any atom is 0.00867 e. The predicted molar refractivity (Wildman–Crippen MR) is 86.8 cm³/mol. The number of hydrogen-bond acceptors (Lipinski definition) is 2. The first kappa shape index (κ1) is 22.5. The Bertz CT molecular complexity index is 90.9. The molecule has 1 nitrogen and oxygen atoms in total. The lowest BCUT2D eigenvalue weighted by atomic mass is 10.3. The molecule has 0 rings (SSSR count). The first-order valence-electron chi connectivity index (χ1n) is 7.73. The highest BCUT2D eigenvalue weighted by Crippen LogP contribution is 2.13. The number of hydrogen-bond donors (Lipinski definition) is 0. The van der Waals surface area contributed by atoms with Crippen molar-refractivity contribution < 1.29 is 0 Å². The Labute approximate surface area is 116 Å². The van der Waals surface area contributed by atoms with Crippen LogP contribution >= 0.6 is 11.9 Å². The van der Waals surface area contributed by atoms with Crippen LogP contribution in [0.15, 0.2) is 0 Å². The minimum Gasteiger partial charge on any atom is -0.251 e. The van der Waals surface area contributed by atoms with Crippen LogP contribution in [-0.2, 0) is 0 Å². The van der Waals surface area contributed by atoms with Gasteiger partial charge in [0.25, 0.3) is 0 Å². The van der Waals surface area contributed by atoms with E-state index in [9.17, 15) is 0 Å². The van der Waals surface area contributed by atoms with Gasteiger partial charge in [-0.15, -0.1) is 0 Å². The van der Waals surface area contributed by atoms with Gasteiger partial charge >= 0.3 is 0 Å². The van der Waals surface area contributed by atoms with Crippen LogP contribution in [0.3, 0.4) is 0 Å². The third kappa shape index (κ3) is 22.0. The Kier molecular flexibility index (Phi) is 33.4. The van der Waals surface area contributed by atoms with E-state index in [1.165, 1.54) is 50.9 Å². The monoisotopic (exact) mass is 263 g/mol. The van der Waals surface area contributed by atoms with Gasteiger partial charge in [0, 0.05) is 18.8 Å². The molecular formula is C15H37NS. The minimum atomic E-state index is 1.25. The Balaban J connectivity index is -0.000000439. The fraction of sp³-hybridized carbons (Fsp3) is 1.00. The van der Waals surface area contributed by atoms with Crippen molar-refractivity contribution in [2.24, 2.45) is 0 Å². The van der Waals surface area contributed by atoms with E-state index in [1.54, 1.807) is 0 Å². The summed E-state index contributed by atoms with van der Waals surface area (Å²) in [6.07, 6.45) is 6.66. The van der Waals surface area contributed by atoms with Crippen LogP contribution in [0.4, 0.5) is 0 Å². The van der Waals surface area contributed by atoms with Gasteiger partial charge in [0.05, 0.1) is 0 Å². The zero-order chi connectivity index (χ0) is 13.9. The molecule has 0 radical (unpaired) electrons. The summed E-state index contributed by atoms with van der Waals surface area (Å²) in [6, 6.07) is 0. The molecule has 0 aromatic heterocycles. The molecule has 0 aliphatic heterocycles. The lowest BCUT2D eigenvalue weighted by Crippen LogP contribution is -2.18. The average Bonchev–Trinajstić information content (AvgIpc) is 2.40. The number of unbranched alkanes of at least 4 members (excludes halogenated alkanes) is 2. The zero-order valence-corrected chi connectivity index (χ0v) is 14.3. The van der Waals surface area contributed by atoms with Gasteiger partial charge < -0.3 is 0 Å². The zero-order valence-electron chi connectivity index (χ0n) is 13.5. The van der Waals surface area contributed by atoms with Gasteiger partial charge in [-0.25, -0.2) is 0 Å². The Hall–Kier alpha value is 0.310. The first-order valence-corrected chi connectivity index (χ1v) is 8.67. The molecular weight excluding hydrogens is 226 g/mol. The van der Waals surface area contributed by atoms with E-state index in [1.807, 2.05) is 39.6 Å². The van der Waals surface area contributed by atoms with Gasteiger partial charge in [-0.05, 0) is 19.3 Å². The second-order valence-corrected chi connectivity index (χ2v) is 4.65. The second-order valence-electron chi connectivity index (χ2n) is 3.47. The van der Waals surface area contributed by atoms with Crippen molar-refractivity contribution in [1.82, 2.24) is 4.31 Å². The molecule has 0 saturated carbocycles. The van der Waals surface area contributed by atoms with Crippen molar-refractivity contribution in [1.29, 1.82) is 0 Å². The molecule has 0 heterocycles. The van der Waals surface area contributed by atoms with E-state index in [2.05, 4.69) is 25.1 Å². The maximum atomic E-state index is 2.52. The molecule has 0 aliphatic carbocycles. The van der Waals surface area contributed by atoms with Crippen LogP contribution < -0.4 is 0 Å². The van der Waals surface area contributed by atoms with Crippen molar-refractivity contribution in [3.05, 3.63) is 0 Å². The Morgan fingerprint density at radius 2 is 1.18 bits per heavy atom. The smallest absolute Gasteiger partial charge is 0.00867 e. The molecule has 0 aromatic carbocycles. The Morgan fingerprint density at radius 3 is 1.53 bits per heavy atom. The molecule has 0 N–H and O–H groups in total. The van der Waals surface area contributed by atoms with Crippen molar-refractivity contribution in [3.8, 4) is 0 Å². The molecule has 0 aliphatic rings. The lowest BCUT2D eigenvalue weighted by molar-refractivity contribution is 0.466. The maximum absolute atomic E-state index is 2.52. The van der Waals surface area contributed by atoms with Crippen LogP contribution in [0.5, 0.6) is 0 Å². The standard InChI is InChI=1S/C11H25NS.2C2H6/c1-4-7-8-11-13-12(9-5-2)10-6-3;2*1-2/h4-11H2,1-3H3;2*1-2H3. The minimum absolute atomic E-state index is 1.25. The van der Waals surface area contributed by atoms with Crippen LogP contribution in [0.25, 0.3) is 0 Å². The molecule has 0 unspecified atom stereocenters. The normalized spacial score (nSPS) is 9.18. The lowest BCUT2D eigenvalue weighted by Gasteiger charge is -2.19. The van der Waals surface area contributed by atoms with Gasteiger partial charge in [0.1, 0.15) is 0 Å². The first-order chi connectivity index (χ1) is 8.35. The molecule has 108 valence electrons. The predicted octanol–water partition coefficient (Wildman–Crippen LogP) is 6.00. The van der Waals surface area contributed by atoms with Crippen LogP contribution in [-0.4, -0.2) is 23.1 Å². The van der Waals surface area contributed by atoms with Gasteiger partial charge in [0.15, 0.2) is 0 Å². The largest absolute Gasteiger partial charge is 0.251 e. The molecule has 0 bridgehead atoms. The molecule has 2 heteroatoms. The molecule has 0 spiro atoms. The molecule has 17 heavy (non-hydrogen) atoms. The summed E-state index contributed by atoms with van der Waals surface area (Å²) in [7, 11) is 0. The highest BCUT2D eigenvalue weighted by atomic mass is 32.2. The number of rotatable bonds is 9. The number of nitrogens with zero attached hydrogens (tertiary/aromatic N) is 1. The molecule has 0 aromatic rings. The SMILES string of the molecule is CC.CC.CCCCCSN(CCC)CCC. The summed E-state index contributed by atoms with van der Waals surface area (Å²) < 4.78 is 2.52. The fourth-order valence-corrected chi connectivity index (χ4v) is 2.50. The second kappa shape index (κ2) is 25.2. The summed E-state index contributed by atoms with van der Waals surface area (Å²) in [5.74, 6) is 1.31. The summed E-state index contributed by atoms with van der Waals surface area (Å²) in [4.78, 5) is 0. The summed E-state index contributed by atoms with van der Waals surface area (Å²) in [5.41, 5.74) is 0. The topological polar surface area (TPSA) is 3.24 Å². The van der Waals surface area contributed by atoms with Gasteiger partial charge in [0.2, 0.25) is 0 Å². The van der Waals surface area contributed by atoms with Crippen molar-refractivity contribution in [2.45, 2.75) is 80.6 Å². The van der Waals surface area contributed by atoms with Gasteiger partial charge in [-0.1, -0.05) is 73.3 Å². The summed E-state index contributed by atoms with van der Waals surface area (Å²) in [6.45, 7) is 17.3. The fourth-order valence-electron chi connectivity index (χ4n) is 1.29. The molecule has 0 saturated heterocycles. The van der Waals surface area contributed by atoms with E-state index in [0.29, 0.717) is 0 Å². The van der Waals surface area contributed by atoms with Crippen LogP contribution in [0.2, 0.25) is 0 Å². The van der Waals surface area contributed by atoms with Crippen LogP contribution in [0, 0.1) is 0 Å². The summed E-state index contributed by atoms with van der Waals surface area (Å²) >= 11 is 2.04. The van der Waals surface area contributed by atoms with E-state index in [4.69, 9.17) is 0 Å². The van der Waals surface area contributed by atoms with Crippen molar-refractivity contribution >= 4 is 11.9 Å². The third-order valence-electron chi connectivity index (χ3n) is 1.97. The van der Waals surface area contributed by atoms with Crippen molar-refractivity contribution in [3.63, 3.8) is 0 Å². The highest BCUT2D eigenvalue weighted by molar-refractivity contribution is 7.97. The van der Waals surface area contributed by atoms with E-state index < -0.39 is 0 Å². The average molecular weight is 264 g/mol. The quantitative estimate of drug-likeness (QED) is 0.371. The van der Waals surface area contributed by atoms with Crippen molar-refractivity contribution in [2.75, 3.05) is 18.8 Å². The van der Waals surface area contributed by atoms with E-state index in [-0.39, 0.29) is 0 Å². The van der Waals surface area contributed by atoms with E-state index >= 15 is 0 Å². The highest BCUT2D eigenvalue weighted by Gasteiger charge is 2.01. The van der Waals surface area contributed by atoms with Gasteiger partial charge in [-0.2, -0.15) is 0 Å². The molecule has 0 fully saturated rings. The van der Waals surface area contributed by atoms with Gasteiger partial charge in [-0.3, -0.25) is 4.31 Å². The van der Waals surface area contributed by atoms with E-state index in [0.717, 1.165) is 0 Å².